The first-order valence-electron chi connectivity index (χ1n) is 30.6. The summed E-state index contributed by atoms with van der Waals surface area (Å²) in [6, 6.07) is -0.882. The van der Waals surface area contributed by atoms with Gasteiger partial charge in [-0.25, -0.2) is 0 Å². The van der Waals surface area contributed by atoms with E-state index in [0.29, 0.717) is 17.4 Å². The van der Waals surface area contributed by atoms with Crippen molar-refractivity contribution < 1.29 is 32.9 Å². The molecule has 0 fully saturated rings. The number of hydrogen-bond donors (Lipinski definition) is 2. The summed E-state index contributed by atoms with van der Waals surface area (Å²) in [7, 11) is 1.28. The molecule has 0 saturated heterocycles. The molecule has 412 valence electrons. The van der Waals surface area contributed by atoms with Gasteiger partial charge in [-0.2, -0.15) is 0 Å². The zero-order valence-electron chi connectivity index (χ0n) is 47.0. The quantitative estimate of drug-likeness (QED) is 0.0272. The summed E-state index contributed by atoms with van der Waals surface area (Å²) in [6.45, 7) is 4.71. The van der Waals surface area contributed by atoms with Crippen LogP contribution < -0.4 is 10.2 Å². The topological polar surface area (TPSA) is 108 Å². The number of nitrogens with one attached hydrogen (secondary N) is 1. The van der Waals surface area contributed by atoms with Gasteiger partial charge in [-0.3, -0.25) is 9.36 Å². The maximum atomic E-state index is 13.0. The van der Waals surface area contributed by atoms with E-state index in [1.54, 1.807) is 6.08 Å². The van der Waals surface area contributed by atoms with Gasteiger partial charge >= 0.3 is 0 Å². The summed E-state index contributed by atoms with van der Waals surface area (Å²) in [5.74, 6) is -0.189. The van der Waals surface area contributed by atoms with Crippen LogP contribution in [0.15, 0.2) is 12.2 Å². The van der Waals surface area contributed by atoms with Crippen LogP contribution in [0.2, 0.25) is 0 Å². The van der Waals surface area contributed by atoms with Crippen LogP contribution in [0.3, 0.4) is 0 Å². The Bertz CT molecular complexity index is 1130. The number of quaternary nitrogens is 1. The van der Waals surface area contributed by atoms with E-state index in [4.69, 9.17) is 9.05 Å². The van der Waals surface area contributed by atoms with Gasteiger partial charge in [0.05, 0.1) is 39.9 Å². The summed E-state index contributed by atoms with van der Waals surface area (Å²) >= 11 is 0. The van der Waals surface area contributed by atoms with Crippen molar-refractivity contribution in [1.29, 1.82) is 0 Å². The number of phosphoric acid groups is 1. The standard InChI is InChI=1S/C60H121N2O6P/c1-6-8-10-12-14-16-18-20-22-24-26-27-28-29-30-31-32-33-34-36-38-40-42-44-46-48-50-52-54-60(64)61-58(57-68-69(65,66)67-56-55-62(3,4)5)59(63)53-51-49-47-45-43-41-39-37-35-25-23-21-19-17-15-13-11-9-7-2/h51,53,58-59,63H,6-50,52,54-57H2,1-5H3,(H-,61,64,65,66)/b53-51+. The predicted octanol–water partition coefficient (Wildman–Crippen LogP) is 18.0. The zero-order chi connectivity index (χ0) is 50.6. The van der Waals surface area contributed by atoms with Crippen molar-refractivity contribution in [3.8, 4) is 0 Å². The minimum atomic E-state index is -4.59. The van der Waals surface area contributed by atoms with E-state index in [0.717, 1.165) is 38.5 Å². The Labute approximate surface area is 431 Å². The Hall–Kier alpha value is -0.760. The second-order valence-corrected chi connectivity index (χ2v) is 23.8. The Morgan fingerprint density at radius 2 is 0.783 bits per heavy atom. The van der Waals surface area contributed by atoms with Crippen molar-refractivity contribution in [3.63, 3.8) is 0 Å². The van der Waals surface area contributed by atoms with E-state index in [2.05, 4.69) is 19.2 Å². The fraction of sp³-hybridized carbons (Fsp3) is 0.950. The largest absolute Gasteiger partial charge is 0.756 e. The monoisotopic (exact) mass is 997 g/mol. The van der Waals surface area contributed by atoms with Crippen molar-refractivity contribution in [1.82, 2.24) is 5.32 Å². The van der Waals surface area contributed by atoms with Crippen LogP contribution in [0.4, 0.5) is 0 Å². The highest BCUT2D eigenvalue weighted by Gasteiger charge is 2.23. The van der Waals surface area contributed by atoms with Crippen LogP contribution in [0.1, 0.15) is 316 Å². The number of likely N-dealkylation sites (N-methyl/N-ethyl adjacent to an activating group) is 1. The number of unbranched alkanes of at least 4 members (excludes halogenated alkanes) is 44. The van der Waals surface area contributed by atoms with Gasteiger partial charge in [-0.15, -0.1) is 0 Å². The molecule has 3 unspecified atom stereocenters. The molecule has 0 aliphatic heterocycles. The highest BCUT2D eigenvalue weighted by atomic mass is 31.2. The Morgan fingerprint density at radius 1 is 0.493 bits per heavy atom. The van der Waals surface area contributed by atoms with Crippen molar-refractivity contribution in [2.45, 2.75) is 328 Å². The molecule has 0 saturated carbocycles. The lowest BCUT2D eigenvalue weighted by molar-refractivity contribution is -0.870. The van der Waals surface area contributed by atoms with E-state index in [-0.39, 0.29) is 19.1 Å². The molecular formula is C60H121N2O6P. The van der Waals surface area contributed by atoms with Crippen LogP contribution in [0, 0.1) is 0 Å². The van der Waals surface area contributed by atoms with Crippen LogP contribution in [-0.2, 0) is 18.4 Å². The van der Waals surface area contributed by atoms with Gasteiger partial charge in [0.25, 0.3) is 7.82 Å². The molecule has 0 radical (unpaired) electrons. The fourth-order valence-electron chi connectivity index (χ4n) is 9.45. The molecule has 2 N–H and O–H groups in total. The molecule has 0 bridgehead atoms. The van der Waals surface area contributed by atoms with Gasteiger partial charge in [0.2, 0.25) is 5.91 Å². The van der Waals surface area contributed by atoms with Crippen molar-refractivity contribution in [2.24, 2.45) is 0 Å². The van der Waals surface area contributed by atoms with Gasteiger partial charge in [0.15, 0.2) is 0 Å². The van der Waals surface area contributed by atoms with Gasteiger partial charge in [0, 0.05) is 6.42 Å². The van der Waals surface area contributed by atoms with E-state index in [1.807, 2.05) is 27.2 Å². The third kappa shape index (κ3) is 54.8. The number of aliphatic hydroxyl groups is 1. The normalized spacial score (nSPS) is 13.9. The fourth-order valence-corrected chi connectivity index (χ4v) is 10.2. The van der Waals surface area contributed by atoms with E-state index in [9.17, 15) is 19.4 Å². The predicted molar refractivity (Wildman–Crippen MR) is 298 cm³/mol. The number of nitrogens with zero attached hydrogens (tertiary/aromatic N) is 1. The molecule has 69 heavy (non-hydrogen) atoms. The molecule has 1 amide bonds. The average Bonchev–Trinajstić information content (AvgIpc) is 3.31. The van der Waals surface area contributed by atoms with Gasteiger partial charge in [0.1, 0.15) is 13.2 Å². The molecule has 9 heteroatoms. The van der Waals surface area contributed by atoms with E-state index < -0.39 is 20.0 Å². The molecule has 0 aliphatic rings. The van der Waals surface area contributed by atoms with E-state index >= 15 is 0 Å². The molecule has 3 atom stereocenters. The number of rotatable bonds is 57. The summed E-state index contributed by atoms with van der Waals surface area (Å²) in [5, 5.41) is 13.9. The SMILES string of the molecule is CCCCCCCCCCCCCCCCCCC/C=C/C(O)C(COP(=O)([O-])OCC[N+](C)(C)C)NC(=O)CCCCCCCCCCCCCCCCCCCCCCCCCCCCCC. The molecule has 0 rings (SSSR count). The number of allylic oxidation sites excluding steroid dienone is 1. The van der Waals surface area contributed by atoms with Crippen molar-refractivity contribution in [3.05, 3.63) is 12.2 Å². The van der Waals surface area contributed by atoms with Crippen molar-refractivity contribution in [2.75, 3.05) is 40.9 Å². The lowest BCUT2D eigenvalue weighted by Crippen LogP contribution is -2.45. The average molecular weight is 998 g/mol. The highest BCUT2D eigenvalue weighted by molar-refractivity contribution is 7.45. The zero-order valence-corrected chi connectivity index (χ0v) is 47.9. The Balaban J connectivity index is 4.09. The molecule has 0 aliphatic carbocycles. The molecule has 0 aromatic rings. The minimum absolute atomic E-state index is 0.00275. The molecule has 8 nitrogen and oxygen atoms in total. The first-order valence-corrected chi connectivity index (χ1v) is 32.0. The van der Waals surface area contributed by atoms with E-state index in [1.165, 1.54) is 257 Å². The first kappa shape index (κ1) is 68.2. The van der Waals surface area contributed by atoms with Gasteiger partial charge < -0.3 is 28.8 Å². The lowest BCUT2D eigenvalue weighted by Gasteiger charge is -2.29. The summed E-state index contributed by atoms with van der Waals surface area (Å²) in [6.07, 6.45) is 64.4. The number of phosphoric ester groups is 1. The van der Waals surface area contributed by atoms with Crippen LogP contribution in [0.25, 0.3) is 0 Å². The second kappa shape index (κ2) is 52.1. The number of carbonyl (C=O) groups is 1. The smallest absolute Gasteiger partial charge is 0.268 e. The van der Waals surface area contributed by atoms with Crippen LogP contribution in [0.5, 0.6) is 0 Å². The molecular weight excluding hydrogens is 876 g/mol. The first-order chi connectivity index (χ1) is 33.5. The summed E-state index contributed by atoms with van der Waals surface area (Å²) in [5.41, 5.74) is 0. The lowest BCUT2D eigenvalue weighted by atomic mass is 10.0. The van der Waals surface area contributed by atoms with Crippen LogP contribution >= 0.6 is 7.82 Å². The minimum Gasteiger partial charge on any atom is -0.756 e. The highest BCUT2D eigenvalue weighted by Crippen LogP contribution is 2.38. The number of hydrogen-bond acceptors (Lipinski definition) is 6. The number of aliphatic hydroxyl groups excluding tert-OH is 1. The summed E-state index contributed by atoms with van der Waals surface area (Å²) < 4.78 is 23.4. The maximum Gasteiger partial charge on any atom is 0.268 e. The second-order valence-electron chi connectivity index (χ2n) is 22.4. The van der Waals surface area contributed by atoms with Crippen LogP contribution in [-0.4, -0.2) is 68.5 Å². The van der Waals surface area contributed by atoms with Crippen molar-refractivity contribution >= 4 is 13.7 Å². The molecule has 0 heterocycles. The molecule has 0 aromatic heterocycles. The van der Waals surface area contributed by atoms with Gasteiger partial charge in [-0.1, -0.05) is 302 Å². The number of amides is 1. The Kier molecular flexibility index (Phi) is 51.5. The Morgan fingerprint density at radius 3 is 1.09 bits per heavy atom. The molecule has 0 aromatic carbocycles. The third-order valence-electron chi connectivity index (χ3n) is 14.2. The molecule has 0 spiro atoms. The number of carbonyl (C=O) groups excluding carboxylic acids is 1. The van der Waals surface area contributed by atoms with Gasteiger partial charge in [-0.05, 0) is 19.3 Å². The summed E-state index contributed by atoms with van der Waals surface area (Å²) in [4.78, 5) is 25.5. The third-order valence-corrected chi connectivity index (χ3v) is 15.2. The maximum absolute atomic E-state index is 13.0.